The molecule has 1 aromatic rings. The second-order valence-corrected chi connectivity index (χ2v) is 10.8. The number of hydrogen-bond acceptors (Lipinski definition) is 8. The topological polar surface area (TPSA) is 94.2 Å². The monoisotopic (exact) mass is 538 g/mol. The zero-order valence-corrected chi connectivity index (χ0v) is 24.1. The lowest BCUT2D eigenvalue weighted by molar-refractivity contribution is -0.148. The maximum atomic E-state index is 13.6. The predicted molar refractivity (Wildman–Crippen MR) is 150 cm³/mol. The molecule has 1 atom stereocenters. The summed E-state index contributed by atoms with van der Waals surface area (Å²) in [5.74, 6) is -2.21. The van der Waals surface area contributed by atoms with Gasteiger partial charge in [0.25, 0.3) is 0 Å². The van der Waals surface area contributed by atoms with Crippen molar-refractivity contribution >= 4 is 24.0 Å². The molecule has 3 rings (SSSR count). The largest absolute Gasteiger partial charge is 0.463 e. The zero-order chi connectivity index (χ0) is 28.6. The van der Waals surface area contributed by atoms with Gasteiger partial charge in [-0.2, -0.15) is 0 Å². The minimum absolute atomic E-state index is 0.196. The van der Waals surface area contributed by atoms with Crippen molar-refractivity contribution < 1.29 is 28.6 Å². The Morgan fingerprint density at radius 3 is 2.21 bits per heavy atom. The molecule has 1 saturated heterocycles. The number of likely N-dealkylation sites (tertiary alicyclic amines) is 1. The van der Waals surface area contributed by atoms with Crippen molar-refractivity contribution in [3.63, 3.8) is 0 Å². The van der Waals surface area contributed by atoms with Crippen LogP contribution in [0.25, 0.3) is 6.08 Å². The third kappa shape index (κ3) is 8.05. The van der Waals surface area contributed by atoms with E-state index < -0.39 is 29.4 Å². The third-order valence-electron chi connectivity index (χ3n) is 6.58. The summed E-state index contributed by atoms with van der Waals surface area (Å²) in [6, 6.07) is 7.42. The summed E-state index contributed by atoms with van der Waals surface area (Å²) >= 11 is 0. The van der Waals surface area contributed by atoms with Crippen LogP contribution in [0, 0.1) is 0 Å². The Hall–Kier alpha value is -3.39. The van der Waals surface area contributed by atoms with Crippen LogP contribution in [0.5, 0.6) is 0 Å². The Bertz CT molecular complexity index is 1150. The van der Waals surface area contributed by atoms with Crippen molar-refractivity contribution in [3.05, 3.63) is 64.0 Å². The number of nitrogens with zero attached hydrogens (tertiary/aromatic N) is 1. The van der Waals surface area contributed by atoms with Crippen LogP contribution in [0.2, 0.25) is 0 Å². The number of dihydropyridines is 1. The van der Waals surface area contributed by atoms with Crippen molar-refractivity contribution in [2.45, 2.75) is 72.3 Å². The molecule has 8 heteroatoms. The second kappa shape index (κ2) is 13.6. The lowest BCUT2D eigenvalue weighted by atomic mass is 9.78. The van der Waals surface area contributed by atoms with Crippen LogP contribution >= 0.6 is 0 Å². The zero-order valence-electron chi connectivity index (χ0n) is 24.1. The van der Waals surface area contributed by atoms with Crippen LogP contribution in [0.1, 0.15) is 77.8 Å². The molecule has 2 aliphatic heterocycles. The summed E-state index contributed by atoms with van der Waals surface area (Å²) in [4.78, 5) is 41.7. The Balaban J connectivity index is 2.17. The summed E-state index contributed by atoms with van der Waals surface area (Å²) in [5.41, 5.74) is 2.83. The maximum absolute atomic E-state index is 13.6. The normalized spacial score (nSPS) is 18.7. The molecular weight excluding hydrogens is 496 g/mol. The predicted octanol–water partition coefficient (Wildman–Crippen LogP) is 4.87. The highest BCUT2D eigenvalue weighted by Crippen LogP contribution is 2.41. The van der Waals surface area contributed by atoms with Crippen LogP contribution in [-0.2, 0) is 28.6 Å². The fourth-order valence-electron chi connectivity index (χ4n) is 5.02. The van der Waals surface area contributed by atoms with Crippen molar-refractivity contribution in [2.24, 2.45) is 0 Å². The van der Waals surface area contributed by atoms with E-state index in [2.05, 4.69) is 10.2 Å². The van der Waals surface area contributed by atoms with Gasteiger partial charge < -0.3 is 19.5 Å². The number of nitrogens with one attached hydrogen (secondary N) is 1. The number of piperidine rings is 1. The summed E-state index contributed by atoms with van der Waals surface area (Å²) in [7, 11) is 0. The Labute approximate surface area is 232 Å². The number of esters is 3. The molecular formula is C31H42N2O6. The molecule has 0 radical (unpaired) electrons. The number of rotatable bonds is 9. The van der Waals surface area contributed by atoms with Gasteiger partial charge in [-0.15, -0.1) is 0 Å². The minimum Gasteiger partial charge on any atom is -0.463 e. The van der Waals surface area contributed by atoms with Gasteiger partial charge in [-0.3, -0.25) is 4.90 Å². The molecule has 2 heterocycles. The number of benzene rings is 1. The average molecular weight is 539 g/mol. The van der Waals surface area contributed by atoms with E-state index >= 15 is 0 Å². The highest BCUT2D eigenvalue weighted by molar-refractivity contribution is 6.00. The van der Waals surface area contributed by atoms with Crippen molar-refractivity contribution in [1.29, 1.82) is 0 Å². The summed E-state index contributed by atoms with van der Waals surface area (Å²) in [6.07, 6.45) is 6.43. The van der Waals surface area contributed by atoms with E-state index in [0.29, 0.717) is 34.5 Å². The molecule has 0 amide bonds. The van der Waals surface area contributed by atoms with E-state index in [9.17, 15) is 14.4 Å². The van der Waals surface area contributed by atoms with Gasteiger partial charge in [0.15, 0.2) is 0 Å². The van der Waals surface area contributed by atoms with Crippen LogP contribution < -0.4 is 5.32 Å². The van der Waals surface area contributed by atoms with E-state index in [1.807, 2.05) is 31.2 Å². The van der Waals surface area contributed by atoms with Crippen LogP contribution in [0.4, 0.5) is 0 Å². The van der Waals surface area contributed by atoms with Crippen LogP contribution in [-0.4, -0.2) is 61.3 Å². The second-order valence-electron chi connectivity index (χ2n) is 10.8. The fourth-order valence-corrected chi connectivity index (χ4v) is 5.02. The average Bonchev–Trinajstić information content (AvgIpc) is 2.87. The molecule has 8 nitrogen and oxygen atoms in total. The number of ether oxygens (including phenoxy) is 3. The van der Waals surface area contributed by atoms with Gasteiger partial charge in [0, 0.05) is 24.0 Å². The third-order valence-corrected chi connectivity index (χ3v) is 6.58. The molecule has 39 heavy (non-hydrogen) atoms. The molecule has 0 saturated carbocycles. The molecule has 0 spiro atoms. The van der Waals surface area contributed by atoms with Gasteiger partial charge >= 0.3 is 17.9 Å². The first-order valence-electron chi connectivity index (χ1n) is 13.8. The lowest BCUT2D eigenvalue weighted by Gasteiger charge is -2.35. The van der Waals surface area contributed by atoms with Gasteiger partial charge in [-0.25, -0.2) is 14.4 Å². The van der Waals surface area contributed by atoms with Crippen LogP contribution in [0.15, 0.2) is 52.9 Å². The lowest BCUT2D eigenvalue weighted by Crippen LogP contribution is -2.40. The Morgan fingerprint density at radius 2 is 1.59 bits per heavy atom. The summed E-state index contributed by atoms with van der Waals surface area (Å²) in [6.45, 7) is 13.6. The molecule has 0 bridgehead atoms. The Morgan fingerprint density at radius 1 is 0.974 bits per heavy atom. The fraction of sp³-hybridized carbons (Fsp3) is 0.516. The Kier molecular flexibility index (Phi) is 10.5. The molecule has 0 aliphatic carbocycles. The number of carbonyl (C=O) groups is 3. The van der Waals surface area contributed by atoms with Crippen molar-refractivity contribution in [2.75, 3.05) is 32.8 Å². The number of allylic oxidation sites excluding steroid dienone is 1. The molecule has 1 aromatic carbocycles. The van der Waals surface area contributed by atoms with Gasteiger partial charge in [-0.1, -0.05) is 30.7 Å². The standard InChI is InChI=1S/C31H42N2O6/c1-7-37-29(35)26-21(3)32-24(20-33-18-12-9-13-19-33)28(30(36)38-8-2)27(26)23-15-11-10-14-22(23)16-17-25(34)39-31(4,5)6/h10-11,14-17,27,32H,7-9,12-13,18-20H2,1-6H3. The van der Waals surface area contributed by atoms with E-state index in [1.54, 1.807) is 40.7 Å². The molecule has 2 aliphatic rings. The quantitative estimate of drug-likeness (QED) is 0.270. The first-order valence-corrected chi connectivity index (χ1v) is 13.8. The van der Waals surface area contributed by atoms with E-state index in [-0.39, 0.29) is 13.2 Å². The van der Waals surface area contributed by atoms with E-state index in [0.717, 1.165) is 31.6 Å². The minimum atomic E-state index is -0.747. The maximum Gasteiger partial charge on any atom is 0.336 e. The highest BCUT2D eigenvalue weighted by Gasteiger charge is 2.40. The van der Waals surface area contributed by atoms with Crippen molar-refractivity contribution in [3.8, 4) is 0 Å². The SMILES string of the molecule is CCOC(=O)C1=C(C)NC(CN2CCCCC2)=C(C(=O)OCC)C1c1ccccc1C=CC(=O)OC(C)(C)C. The van der Waals surface area contributed by atoms with Gasteiger partial charge in [-0.05, 0) is 84.7 Å². The molecule has 1 N–H and O–H groups in total. The number of hydrogen-bond donors (Lipinski definition) is 1. The summed E-state index contributed by atoms with van der Waals surface area (Å²) in [5, 5.41) is 3.36. The first-order chi connectivity index (χ1) is 18.6. The van der Waals surface area contributed by atoms with E-state index in [4.69, 9.17) is 14.2 Å². The summed E-state index contributed by atoms with van der Waals surface area (Å²) < 4.78 is 16.4. The van der Waals surface area contributed by atoms with Gasteiger partial charge in [0.05, 0.1) is 30.3 Å². The number of carbonyl (C=O) groups excluding carboxylic acids is 3. The van der Waals surface area contributed by atoms with Gasteiger partial charge in [0.2, 0.25) is 0 Å². The molecule has 1 unspecified atom stereocenters. The molecule has 0 aromatic heterocycles. The van der Waals surface area contributed by atoms with Crippen LogP contribution in [0.3, 0.4) is 0 Å². The highest BCUT2D eigenvalue weighted by atomic mass is 16.6. The molecule has 212 valence electrons. The smallest absolute Gasteiger partial charge is 0.336 e. The van der Waals surface area contributed by atoms with Gasteiger partial charge in [0.1, 0.15) is 5.60 Å². The molecule has 1 fully saturated rings. The van der Waals surface area contributed by atoms with Crippen molar-refractivity contribution in [1.82, 2.24) is 10.2 Å². The first kappa shape index (κ1) is 30.2. The van der Waals surface area contributed by atoms with E-state index in [1.165, 1.54) is 12.5 Å².